The van der Waals surface area contributed by atoms with Gasteiger partial charge < -0.3 is 9.30 Å². The third kappa shape index (κ3) is 2.16. The van der Waals surface area contributed by atoms with E-state index in [0.29, 0.717) is 6.61 Å². The number of hydrogen-bond donors (Lipinski definition) is 0. The molecule has 17 heavy (non-hydrogen) atoms. The van der Waals surface area contributed by atoms with Crippen LogP contribution in [0, 0.1) is 12.3 Å². The summed E-state index contributed by atoms with van der Waals surface area (Å²) < 4.78 is 6.75. The Labute approximate surface area is 100.0 Å². The molecule has 3 nitrogen and oxygen atoms in total. The van der Waals surface area contributed by atoms with Gasteiger partial charge in [0.2, 0.25) is 0 Å². The summed E-state index contributed by atoms with van der Waals surface area (Å²) in [6.45, 7) is 2.37. The molecule has 0 radical (unpaired) electrons. The Morgan fingerprint density at radius 2 is 2.29 bits per heavy atom. The van der Waals surface area contributed by atoms with E-state index in [9.17, 15) is 4.79 Å². The fourth-order valence-electron chi connectivity index (χ4n) is 1.86. The molecule has 0 fully saturated rings. The fourth-order valence-corrected chi connectivity index (χ4v) is 1.86. The number of nitrogens with zero attached hydrogens (tertiary/aromatic N) is 1. The number of terminal acetylenes is 1. The number of esters is 1. The Morgan fingerprint density at radius 1 is 1.47 bits per heavy atom. The van der Waals surface area contributed by atoms with E-state index in [4.69, 9.17) is 11.2 Å². The van der Waals surface area contributed by atoms with Crippen LogP contribution in [-0.4, -0.2) is 17.1 Å². The topological polar surface area (TPSA) is 31.2 Å². The zero-order valence-electron chi connectivity index (χ0n) is 9.64. The van der Waals surface area contributed by atoms with Crippen molar-refractivity contribution in [3.63, 3.8) is 0 Å². The number of para-hydroxylation sites is 1. The molecule has 1 aromatic carbocycles. The normalized spacial score (nSPS) is 10.1. The van der Waals surface area contributed by atoms with Crippen LogP contribution in [0.4, 0.5) is 0 Å². The lowest BCUT2D eigenvalue weighted by atomic mass is 10.1. The number of fused-ring (bicyclic) bond motifs is 1. The molecule has 0 spiro atoms. The maximum atomic E-state index is 11.5. The van der Waals surface area contributed by atoms with E-state index in [-0.39, 0.29) is 12.5 Å². The fraction of sp³-hybridized carbons (Fsp3) is 0.214. The molecule has 0 unspecified atom stereocenters. The summed E-state index contributed by atoms with van der Waals surface area (Å²) in [4.78, 5) is 11.5. The van der Waals surface area contributed by atoms with Crippen LogP contribution in [0.2, 0.25) is 0 Å². The maximum absolute atomic E-state index is 11.5. The van der Waals surface area contributed by atoms with Gasteiger partial charge in [-0.15, -0.1) is 6.42 Å². The number of carbonyl (C=O) groups is 1. The Balaban J connectivity index is 2.42. The summed E-state index contributed by atoms with van der Waals surface area (Å²) in [5.74, 6) is 2.38. The van der Waals surface area contributed by atoms with Gasteiger partial charge in [-0.05, 0) is 19.1 Å². The molecule has 1 heterocycles. The average Bonchev–Trinajstić information content (AvgIpc) is 2.73. The van der Waals surface area contributed by atoms with Crippen molar-refractivity contribution >= 4 is 16.9 Å². The minimum atomic E-state index is -0.253. The van der Waals surface area contributed by atoms with Crippen molar-refractivity contribution in [3.05, 3.63) is 36.0 Å². The van der Waals surface area contributed by atoms with Gasteiger partial charge in [0.1, 0.15) is 6.54 Å². The van der Waals surface area contributed by atoms with E-state index in [1.54, 1.807) is 6.92 Å². The van der Waals surface area contributed by atoms with Crippen LogP contribution in [0.5, 0.6) is 0 Å². The molecule has 1 aromatic heterocycles. The number of benzene rings is 1. The highest BCUT2D eigenvalue weighted by Gasteiger charge is 2.08. The van der Waals surface area contributed by atoms with Gasteiger partial charge in [-0.1, -0.05) is 18.1 Å². The molecule has 0 N–H and O–H groups in total. The Morgan fingerprint density at radius 3 is 3.00 bits per heavy atom. The lowest BCUT2D eigenvalue weighted by Crippen LogP contribution is -2.12. The van der Waals surface area contributed by atoms with Gasteiger partial charge in [0.25, 0.3) is 0 Å². The molecule has 0 saturated heterocycles. The van der Waals surface area contributed by atoms with Crippen molar-refractivity contribution in [2.45, 2.75) is 13.5 Å². The number of rotatable bonds is 3. The zero-order chi connectivity index (χ0) is 12.3. The molecule has 0 aliphatic heterocycles. The summed E-state index contributed by atoms with van der Waals surface area (Å²) in [6.07, 6.45) is 7.30. The molecule has 2 aromatic rings. The lowest BCUT2D eigenvalue weighted by molar-refractivity contribution is -0.143. The third-order valence-corrected chi connectivity index (χ3v) is 2.55. The molecule has 0 aliphatic rings. The molecule has 0 saturated carbocycles. The smallest absolute Gasteiger partial charge is 0.325 e. The minimum absolute atomic E-state index is 0.191. The number of hydrogen-bond acceptors (Lipinski definition) is 2. The van der Waals surface area contributed by atoms with E-state index >= 15 is 0 Å². The van der Waals surface area contributed by atoms with Gasteiger partial charge in [-0.3, -0.25) is 4.79 Å². The zero-order valence-corrected chi connectivity index (χ0v) is 9.64. The highest BCUT2D eigenvalue weighted by molar-refractivity contribution is 5.87. The molecule has 0 aliphatic carbocycles. The van der Waals surface area contributed by atoms with Crippen molar-refractivity contribution in [2.75, 3.05) is 6.61 Å². The highest BCUT2D eigenvalue weighted by Crippen LogP contribution is 2.19. The summed E-state index contributed by atoms with van der Waals surface area (Å²) in [5, 5.41) is 1.03. The van der Waals surface area contributed by atoms with Gasteiger partial charge in [-0.25, -0.2) is 0 Å². The second-order valence-corrected chi connectivity index (χ2v) is 3.64. The van der Waals surface area contributed by atoms with Gasteiger partial charge in [0.15, 0.2) is 0 Å². The van der Waals surface area contributed by atoms with Gasteiger partial charge in [-0.2, -0.15) is 0 Å². The van der Waals surface area contributed by atoms with Gasteiger partial charge in [0, 0.05) is 17.1 Å². The molecule has 2 rings (SSSR count). The van der Waals surface area contributed by atoms with Crippen LogP contribution in [0.15, 0.2) is 30.5 Å². The van der Waals surface area contributed by atoms with E-state index in [0.717, 1.165) is 16.5 Å². The molecule has 86 valence electrons. The SMILES string of the molecule is C#Cc1cccc2ccn(CC(=O)OCC)c12. The summed E-state index contributed by atoms with van der Waals surface area (Å²) in [6, 6.07) is 7.68. The maximum Gasteiger partial charge on any atom is 0.325 e. The van der Waals surface area contributed by atoms with Crippen LogP contribution in [0.25, 0.3) is 10.9 Å². The van der Waals surface area contributed by atoms with E-state index in [1.807, 2.05) is 35.0 Å². The largest absolute Gasteiger partial charge is 0.465 e. The first kappa shape index (κ1) is 11.3. The second-order valence-electron chi connectivity index (χ2n) is 3.64. The summed E-state index contributed by atoms with van der Waals surface area (Å²) in [5.41, 5.74) is 1.69. The molecule has 0 atom stereocenters. The van der Waals surface area contributed by atoms with Crippen molar-refractivity contribution in [1.82, 2.24) is 4.57 Å². The van der Waals surface area contributed by atoms with Crippen molar-refractivity contribution < 1.29 is 9.53 Å². The first-order valence-electron chi connectivity index (χ1n) is 5.46. The lowest BCUT2D eigenvalue weighted by Gasteiger charge is -2.06. The van der Waals surface area contributed by atoms with Crippen LogP contribution in [-0.2, 0) is 16.1 Å². The van der Waals surface area contributed by atoms with E-state index < -0.39 is 0 Å². The van der Waals surface area contributed by atoms with E-state index in [2.05, 4.69) is 5.92 Å². The number of ether oxygens (including phenoxy) is 1. The monoisotopic (exact) mass is 227 g/mol. The molecular weight excluding hydrogens is 214 g/mol. The molecule has 3 heteroatoms. The molecule has 0 bridgehead atoms. The van der Waals surface area contributed by atoms with Crippen molar-refractivity contribution in [1.29, 1.82) is 0 Å². The summed E-state index contributed by atoms with van der Waals surface area (Å²) >= 11 is 0. The average molecular weight is 227 g/mol. The number of carbonyl (C=O) groups excluding carboxylic acids is 1. The third-order valence-electron chi connectivity index (χ3n) is 2.55. The Bertz CT molecular complexity index is 590. The first-order valence-corrected chi connectivity index (χ1v) is 5.46. The van der Waals surface area contributed by atoms with Gasteiger partial charge >= 0.3 is 5.97 Å². The molecular formula is C14H13NO2. The van der Waals surface area contributed by atoms with Gasteiger partial charge in [0.05, 0.1) is 12.1 Å². The highest BCUT2D eigenvalue weighted by atomic mass is 16.5. The van der Waals surface area contributed by atoms with Crippen molar-refractivity contribution in [2.24, 2.45) is 0 Å². The number of aromatic nitrogens is 1. The predicted molar refractivity (Wildman–Crippen MR) is 66.5 cm³/mol. The predicted octanol–water partition coefficient (Wildman–Crippen LogP) is 2.19. The van der Waals surface area contributed by atoms with Crippen LogP contribution in [0.1, 0.15) is 12.5 Å². The quantitative estimate of drug-likeness (QED) is 0.594. The first-order chi connectivity index (χ1) is 8.26. The van der Waals surface area contributed by atoms with Crippen LogP contribution in [0.3, 0.4) is 0 Å². The Hall–Kier alpha value is -2.21. The van der Waals surface area contributed by atoms with Crippen molar-refractivity contribution in [3.8, 4) is 12.3 Å². The van der Waals surface area contributed by atoms with E-state index in [1.165, 1.54) is 0 Å². The van der Waals surface area contributed by atoms with Crippen LogP contribution < -0.4 is 0 Å². The second kappa shape index (κ2) is 4.75. The van der Waals surface area contributed by atoms with Crippen LogP contribution >= 0.6 is 0 Å². The summed E-state index contributed by atoms with van der Waals surface area (Å²) in [7, 11) is 0. The Kier molecular flexibility index (Phi) is 3.15. The standard InChI is InChI=1S/C14H13NO2/c1-3-11-6-5-7-12-8-9-15(14(11)12)10-13(16)17-4-2/h1,5-9H,4,10H2,2H3. The minimum Gasteiger partial charge on any atom is -0.465 e. The molecule has 0 amide bonds.